The summed E-state index contributed by atoms with van der Waals surface area (Å²) < 4.78 is 0. The van der Waals surface area contributed by atoms with Crippen molar-refractivity contribution in [2.45, 2.75) is 38.5 Å². The van der Waals surface area contributed by atoms with Gasteiger partial charge in [-0.15, -0.1) is 0 Å². The molecular weight excluding hydrogens is 302 g/mol. The molecule has 0 spiro atoms. The van der Waals surface area contributed by atoms with Gasteiger partial charge in [-0.2, -0.15) is 0 Å². The van der Waals surface area contributed by atoms with E-state index in [0.717, 1.165) is 37.0 Å². The first-order chi connectivity index (χ1) is 11.6. The molecule has 0 radical (unpaired) electrons. The first kappa shape index (κ1) is 15.6. The van der Waals surface area contributed by atoms with Gasteiger partial charge < -0.3 is 10.6 Å². The monoisotopic (exact) mass is 327 g/mol. The molecular formula is C19H25N3O2. The Morgan fingerprint density at radius 3 is 2.08 bits per heavy atom. The van der Waals surface area contributed by atoms with Crippen LogP contribution in [0.2, 0.25) is 0 Å². The molecule has 5 nitrogen and oxygen atoms in total. The number of pyridine rings is 1. The standard InChI is InChI=1S/C19H25N3O2/c23-17(16-1-3-20-4-2-16)21-5-6-22-18(24)19-10-13-7-14(11-19)9-15(8-13)12-19/h1-4,13-15H,5-12H2,(H,21,23)(H,22,24). The van der Waals surface area contributed by atoms with Gasteiger partial charge in [0.2, 0.25) is 5.91 Å². The lowest BCUT2D eigenvalue weighted by Crippen LogP contribution is -2.54. The van der Waals surface area contributed by atoms with Crippen LogP contribution >= 0.6 is 0 Å². The molecule has 1 aromatic heterocycles. The van der Waals surface area contributed by atoms with Gasteiger partial charge in [0.25, 0.3) is 5.91 Å². The number of carbonyl (C=O) groups is 2. The van der Waals surface area contributed by atoms with Crippen LogP contribution in [0.5, 0.6) is 0 Å². The number of hydrogen-bond acceptors (Lipinski definition) is 3. The van der Waals surface area contributed by atoms with Crippen LogP contribution in [-0.2, 0) is 4.79 Å². The van der Waals surface area contributed by atoms with E-state index in [9.17, 15) is 9.59 Å². The minimum Gasteiger partial charge on any atom is -0.354 e. The first-order valence-electron chi connectivity index (χ1n) is 9.11. The summed E-state index contributed by atoms with van der Waals surface area (Å²) in [7, 11) is 0. The number of nitrogens with zero attached hydrogens (tertiary/aromatic N) is 1. The summed E-state index contributed by atoms with van der Waals surface area (Å²) in [6.07, 6.45) is 10.5. The summed E-state index contributed by atoms with van der Waals surface area (Å²) in [5.41, 5.74) is 0.488. The third-order valence-electron chi connectivity index (χ3n) is 6.16. The first-order valence-corrected chi connectivity index (χ1v) is 9.11. The van der Waals surface area contributed by atoms with Gasteiger partial charge in [-0.05, 0) is 68.4 Å². The molecule has 1 heterocycles. The van der Waals surface area contributed by atoms with Crippen molar-refractivity contribution in [2.24, 2.45) is 23.2 Å². The van der Waals surface area contributed by atoms with Crippen molar-refractivity contribution in [1.82, 2.24) is 15.6 Å². The Morgan fingerprint density at radius 2 is 1.50 bits per heavy atom. The molecule has 128 valence electrons. The largest absolute Gasteiger partial charge is 0.354 e. The van der Waals surface area contributed by atoms with E-state index in [1.165, 1.54) is 19.3 Å². The topological polar surface area (TPSA) is 71.1 Å². The van der Waals surface area contributed by atoms with Crippen molar-refractivity contribution in [1.29, 1.82) is 0 Å². The minimum absolute atomic E-state index is 0.107. The maximum Gasteiger partial charge on any atom is 0.251 e. The molecule has 4 fully saturated rings. The Labute approximate surface area is 142 Å². The molecule has 0 atom stereocenters. The van der Waals surface area contributed by atoms with Crippen LogP contribution in [0.3, 0.4) is 0 Å². The predicted molar refractivity (Wildman–Crippen MR) is 90.2 cm³/mol. The van der Waals surface area contributed by atoms with Crippen LogP contribution in [0.25, 0.3) is 0 Å². The lowest BCUT2D eigenvalue weighted by molar-refractivity contribution is -0.146. The van der Waals surface area contributed by atoms with Gasteiger partial charge in [-0.3, -0.25) is 14.6 Å². The molecule has 1 aromatic rings. The summed E-state index contributed by atoms with van der Waals surface area (Å²) in [6, 6.07) is 3.37. The van der Waals surface area contributed by atoms with Gasteiger partial charge in [-0.1, -0.05) is 0 Å². The fourth-order valence-electron chi connectivity index (χ4n) is 5.53. The van der Waals surface area contributed by atoms with Gasteiger partial charge in [-0.25, -0.2) is 0 Å². The quantitative estimate of drug-likeness (QED) is 0.814. The zero-order valence-corrected chi connectivity index (χ0v) is 14.0. The van der Waals surface area contributed by atoms with Gasteiger partial charge in [0.1, 0.15) is 0 Å². The average molecular weight is 327 g/mol. The average Bonchev–Trinajstić information content (AvgIpc) is 2.58. The molecule has 4 aliphatic rings. The summed E-state index contributed by atoms with van der Waals surface area (Å²) >= 11 is 0. The molecule has 4 bridgehead atoms. The number of hydrogen-bond donors (Lipinski definition) is 2. The number of nitrogens with one attached hydrogen (secondary N) is 2. The molecule has 2 amide bonds. The Hall–Kier alpha value is -1.91. The van der Waals surface area contributed by atoms with Crippen molar-refractivity contribution < 1.29 is 9.59 Å². The molecule has 0 unspecified atom stereocenters. The van der Waals surface area contributed by atoms with Crippen LogP contribution in [0.4, 0.5) is 0 Å². The highest BCUT2D eigenvalue weighted by Crippen LogP contribution is 2.60. The molecule has 4 saturated carbocycles. The van der Waals surface area contributed by atoms with Crippen molar-refractivity contribution >= 4 is 11.8 Å². The van der Waals surface area contributed by atoms with Crippen LogP contribution in [-0.4, -0.2) is 29.9 Å². The molecule has 5 rings (SSSR count). The summed E-state index contributed by atoms with van der Waals surface area (Å²) in [5.74, 6) is 2.41. The summed E-state index contributed by atoms with van der Waals surface area (Å²) in [6.45, 7) is 0.955. The highest BCUT2D eigenvalue weighted by molar-refractivity contribution is 5.94. The van der Waals surface area contributed by atoms with Crippen LogP contribution in [0.15, 0.2) is 24.5 Å². The van der Waals surface area contributed by atoms with Gasteiger partial charge in [0.05, 0.1) is 0 Å². The van der Waals surface area contributed by atoms with Crippen molar-refractivity contribution in [2.75, 3.05) is 13.1 Å². The van der Waals surface area contributed by atoms with Gasteiger partial charge in [0, 0.05) is 36.5 Å². The second kappa shape index (κ2) is 6.19. The molecule has 24 heavy (non-hydrogen) atoms. The normalized spacial score (nSPS) is 33.2. The minimum atomic E-state index is -0.124. The maximum atomic E-state index is 12.8. The SMILES string of the molecule is O=C(NCCNC(=O)C12CC3CC(CC(C3)C1)C2)c1ccncc1. The fourth-order valence-corrected chi connectivity index (χ4v) is 5.53. The Kier molecular flexibility index (Phi) is 4.02. The predicted octanol–water partition coefficient (Wildman–Crippen LogP) is 2.14. The van der Waals surface area contributed by atoms with E-state index in [1.54, 1.807) is 24.5 Å². The van der Waals surface area contributed by atoms with E-state index >= 15 is 0 Å². The van der Waals surface area contributed by atoms with Crippen LogP contribution in [0, 0.1) is 23.2 Å². The molecule has 2 N–H and O–H groups in total. The van der Waals surface area contributed by atoms with Crippen molar-refractivity contribution in [3.63, 3.8) is 0 Å². The zero-order chi connectivity index (χ0) is 16.6. The van der Waals surface area contributed by atoms with Crippen molar-refractivity contribution in [3.05, 3.63) is 30.1 Å². The second-order valence-corrected chi connectivity index (χ2v) is 7.95. The Morgan fingerprint density at radius 1 is 0.958 bits per heavy atom. The molecule has 0 aliphatic heterocycles. The van der Waals surface area contributed by atoms with E-state index < -0.39 is 0 Å². The summed E-state index contributed by atoms with van der Waals surface area (Å²) in [4.78, 5) is 28.6. The number of aromatic nitrogens is 1. The Balaban J connectivity index is 1.26. The smallest absolute Gasteiger partial charge is 0.251 e. The Bertz CT molecular complexity index is 593. The third-order valence-corrected chi connectivity index (χ3v) is 6.16. The van der Waals surface area contributed by atoms with Crippen LogP contribution in [0.1, 0.15) is 48.9 Å². The summed E-state index contributed by atoms with van der Waals surface area (Å²) in [5, 5.41) is 5.93. The highest BCUT2D eigenvalue weighted by atomic mass is 16.2. The lowest BCUT2D eigenvalue weighted by atomic mass is 9.49. The number of rotatable bonds is 5. The molecule has 5 heteroatoms. The maximum absolute atomic E-state index is 12.8. The van der Waals surface area contributed by atoms with Crippen LogP contribution < -0.4 is 10.6 Å². The second-order valence-electron chi connectivity index (χ2n) is 7.95. The van der Waals surface area contributed by atoms with E-state index in [1.807, 2.05) is 0 Å². The van der Waals surface area contributed by atoms with E-state index in [0.29, 0.717) is 18.7 Å². The van der Waals surface area contributed by atoms with Gasteiger partial charge >= 0.3 is 0 Å². The van der Waals surface area contributed by atoms with E-state index in [-0.39, 0.29) is 17.2 Å². The lowest BCUT2D eigenvalue weighted by Gasteiger charge is -2.55. The van der Waals surface area contributed by atoms with E-state index in [4.69, 9.17) is 0 Å². The molecule has 4 aliphatic carbocycles. The number of amides is 2. The number of carbonyl (C=O) groups excluding carboxylic acids is 2. The molecule has 0 aromatic carbocycles. The zero-order valence-electron chi connectivity index (χ0n) is 14.0. The van der Waals surface area contributed by atoms with E-state index in [2.05, 4.69) is 15.6 Å². The fraction of sp³-hybridized carbons (Fsp3) is 0.632. The van der Waals surface area contributed by atoms with Crippen molar-refractivity contribution in [3.8, 4) is 0 Å². The third kappa shape index (κ3) is 2.92. The highest BCUT2D eigenvalue weighted by Gasteiger charge is 2.54. The van der Waals surface area contributed by atoms with Gasteiger partial charge in [0.15, 0.2) is 0 Å². The molecule has 0 saturated heterocycles.